The zero-order valence-electron chi connectivity index (χ0n) is 17.8. The Labute approximate surface area is 178 Å². The first-order chi connectivity index (χ1) is 14.6. The fourth-order valence-corrected chi connectivity index (χ4v) is 4.53. The van der Waals surface area contributed by atoms with E-state index in [0.717, 1.165) is 27.7 Å². The molecule has 7 heteroatoms. The van der Waals surface area contributed by atoms with Crippen LogP contribution >= 0.6 is 0 Å². The number of aromatic carboxylic acids is 1. The molecule has 1 aliphatic heterocycles. The van der Waals surface area contributed by atoms with Gasteiger partial charge in [-0.25, -0.2) is 4.79 Å². The van der Waals surface area contributed by atoms with E-state index in [2.05, 4.69) is 25.9 Å². The van der Waals surface area contributed by atoms with Crippen LogP contribution in [0.4, 0.5) is 0 Å². The smallest absolute Gasteiger partial charge is 0.341 e. The zero-order chi connectivity index (χ0) is 22.1. The minimum absolute atomic E-state index is 0.0310. The number of para-hydroxylation sites is 1. The Balaban J connectivity index is 1.83. The Kier molecular flexibility index (Phi) is 4.02. The van der Waals surface area contributed by atoms with Crippen LogP contribution in [0.3, 0.4) is 0 Å². The second-order valence-corrected chi connectivity index (χ2v) is 9.23. The quantitative estimate of drug-likeness (QED) is 0.518. The molecule has 31 heavy (non-hydrogen) atoms. The number of nitrogens with zero attached hydrogens (tertiary/aromatic N) is 3. The largest absolute Gasteiger partial charge is 0.477 e. The number of aromatic nitrogens is 3. The van der Waals surface area contributed by atoms with Gasteiger partial charge in [0.05, 0.1) is 11.9 Å². The highest BCUT2D eigenvalue weighted by molar-refractivity contribution is 5.98. The van der Waals surface area contributed by atoms with Crippen molar-refractivity contribution >= 4 is 16.9 Å². The zero-order valence-corrected chi connectivity index (χ0v) is 17.8. The van der Waals surface area contributed by atoms with Crippen molar-refractivity contribution in [3.63, 3.8) is 0 Å². The number of carboxylic acids is 1. The molecule has 0 radical (unpaired) electrons. The summed E-state index contributed by atoms with van der Waals surface area (Å²) in [4.78, 5) is 24.2. The molecule has 0 aliphatic carbocycles. The summed E-state index contributed by atoms with van der Waals surface area (Å²) in [7, 11) is 1.87. The summed E-state index contributed by atoms with van der Waals surface area (Å²) in [6, 6.07) is 7.40. The first-order valence-electron chi connectivity index (χ1n) is 10.2. The molecule has 0 spiro atoms. The van der Waals surface area contributed by atoms with Crippen LogP contribution in [-0.4, -0.2) is 25.4 Å². The number of carbonyl (C=O) groups is 1. The number of hydrogen-bond acceptors (Lipinski definition) is 4. The fourth-order valence-electron chi connectivity index (χ4n) is 4.53. The van der Waals surface area contributed by atoms with Gasteiger partial charge in [0.25, 0.3) is 0 Å². The minimum atomic E-state index is -1.22. The van der Waals surface area contributed by atoms with E-state index in [9.17, 15) is 14.7 Å². The molecule has 7 nitrogen and oxygen atoms in total. The predicted octanol–water partition coefficient (Wildman–Crippen LogP) is 4.50. The molecule has 4 heterocycles. The normalized spacial score (nSPS) is 15.7. The number of carboxylic acid groups (broad SMARTS) is 1. The Hall–Kier alpha value is -3.61. The lowest BCUT2D eigenvalue weighted by Crippen LogP contribution is -2.32. The average molecular weight is 417 g/mol. The maximum atomic E-state index is 12.6. The highest BCUT2D eigenvalue weighted by Crippen LogP contribution is 2.47. The second-order valence-electron chi connectivity index (χ2n) is 9.23. The van der Waals surface area contributed by atoms with E-state index >= 15 is 0 Å². The standard InChI is InChI=1S/C24H23N3O4/c1-24(2,3)20-8-16-15-7-5-6-14(13-10-25-26(4)11-13)21(15)31-22(16)18-9-19(28)17(23(29)30)12-27(18)20/h5-7,9-12,20H,8H2,1-4H3,(H,29,30). The molecular weight excluding hydrogens is 394 g/mol. The summed E-state index contributed by atoms with van der Waals surface area (Å²) in [6.45, 7) is 6.36. The number of rotatable bonds is 2. The van der Waals surface area contributed by atoms with Crippen molar-refractivity contribution in [2.24, 2.45) is 12.5 Å². The molecule has 0 fully saturated rings. The summed E-state index contributed by atoms with van der Waals surface area (Å²) in [5.74, 6) is -0.594. The van der Waals surface area contributed by atoms with Gasteiger partial charge < -0.3 is 14.1 Å². The molecule has 0 saturated heterocycles. The topological polar surface area (TPSA) is 90.3 Å². The van der Waals surface area contributed by atoms with Gasteiger partial charge in [-0.1, -0.05) is 39.0 Å². The van der Waals surface area contributed by atoms with Gasteiger partial charge in [0, 0.05) is 53.6 Å². The third-order valence-electron chi connectivity index (χ3n) is 6.11. The van der Waals surface area contributed by atoms with Crippen molar-refractivity contribution < 1.29 is 14.3 Å². The molecule has 0 saturated carbocycles. The third-order valence-corrected chi connectivity index (χ3v) is 6.11. The SMILES string of the molecule is Cn1cc(-c2cccc3c4c(oc23)-c2cc(=O)c(C(=O)O)cn2C(C(C)(C)C)C4)cn1. The van der Waals surface area contributed by atoms with Crippen LogP contribution in [0.15, 0.2) is 52.1 Å². The molecule has 5 rings (SSSR count). The Morgan fingerprint density at radius 3 is 2.68 bits per heavy atom. The molecule has 0 bridgehead atoms. The molecule has 0 amide bonds. The first-order valence-corrected chi connectivity index (χ1v) is 10.2. The Morgan fingerprint density at radius 1 is 1.26 bits per heavy atom. The maximum Gasteiger partial charge on any atom is 0.341 e. The van der Waals surface area contributed by atoms with Crippen molar-refractivity contribution in [2.45, 2.75) is 33.2 Å². The van der Waals surface area contributed by atoms with Gasteiger partial charge in [-0.15, -0.1) is 0 Å². The van der Waals surface area contributed by atoms with Crippen LogP contribution in [0.25, 0.3) is 33.6 Å². The molecular formula is C24H23N3O4. The van der Waals surface area contributed by atoms with Gasteiger partial charge in [0.1, 0.15) is 11.1 Å². The van der Waals surface area contributed by atoms with Gasteiger partial charge in [0.15, 0.2) is 11.2 Å². The van der Waals surface area contributed by atoms with Crippen molar-refractivity contribution in [1.29, 1.82) is 0 Å². The van der Waals surface area contributed by atoms with Crippen LogP contribution in [-0.2, 0) is 13.5 Å². The Bertz CT molecular complexity index is 1420. The summed E-state index contributed by atoms with van der Waals surface area (Å²) >= 11 is 0. The number of fused-ring (bicyclic) bond motifs is 5. The number of benzene rings is 1. The van der Waals surface area contributed by atoms with E-state index in [1.54, 1.807) is 10.9 Å². The Morgan fingerprint density at radius 2 is 2.03 bits per heavy atom. The molecule has 4 aromatic rings. The lowest BCUT2D eigenvalue weighted by molar-refractivity contribution is 0.0693. The second kappa shape index (κ2) is 6.44. The monoisotopic (exact) mass is 417 g/mol. The lowest BCUT2D eigenvalue weighted by Gasteiger charge is -2.37. The summed E-state index contributed by atoms with van der Waals surface area (Å²) in [5, 5.41) is 14.8. The molecule has 158 valence electrons. The number of hydrogen-bond donors (Lipinski definition) is 1. The van der Waals surface area contributed by atoms with Gasteiger partial charge in [-0.05, 0) is 11.8 Å². The van der Waals surface area contributed by atoms with Gasteiger partial charge >= 0.3 is 5.97 Å². The van der Waals surface area contributed by atoms with Crippen molar-refractivity contribution in [3.8, 4) is 22.6 Å². The van der Waals surface area contributed by atoms with Gasteiger partial charge in [-0.2, -0.15) is 5.10 Å². The van der Waals surface area contributed by atoms with Crippen molar-refractivity contribution in [3.05, 3.63) is 64.2 Å². The van der Waals surface area contributed by atoms with E-state index in [-0.39, 0.29) is 17.0 Å². The van der Waals surface area contributed by atoms with Crippen LogP contribution in [0.5, 0.6) is 0 Å². The highest BCUT2D eigenvalue weighted by atomic mass is 16.4. The van der Waals surface area contributed by atoms with E-state index < -0.39 is 11.4 Å². The number of pyridine rings is 1. The summed E-state index contributed by atoms with van der Waals surface area (Å²) in [6.07, 6.45) is 5.88. The number of aryl methyl sites for hydroxylation is 1. The molecule has 3 aromatic heterocycles. The lowest BCUT2D eigenvalue weighted by atomic mass is 9.79. The van der Waals surface area contributed by atoms with Gasteiger partial charge in [-0.3, -0.25) is 9.48 Å². The highest BCUT2D eigenvalue weighted by Gasteiger charge is 2.36. The van der Waals surface area contributed by atoms with Crippen LogP contribution in [0, 0.1) is 5.41 Å². The first kappa shape index (κ1) is 19.4. The van der Waals surface area contributed by atoms with E-state index in [1.807, 2.05) is 36.0 Å². The molecule has 1 aliphatic rings. The minimum Gasteiger partial charge on any atom is -0.477 e. The average Bonchev–Trinajstić information content (AvgIpc) is 3.29. The predicted molar refractivity (Wildman–Crippen MR) is 117 cm³/mol. The fraction of sp³-hybridized carbons (Fsp3) is 0.292. The van der Waals surface area contributed by atoms with E-state index in [0.29, 0.717) is 17.9 Å². The number of furan rings is 1. The van der Waals surface area contributed by atoms with Gasteiger partial charge in [0.2, 0.25) is 0 Å². The maximum absolute atomic E-state index is 12.6. The van der Waals surface area contributed by atoms with E-state index in [1.165, 1.54) is 12.3 Å². The van der Waals surface area contributed by atoms with Crippen molar-refractivity contribution in [1.82, 2.24) is 14.3 Å². The molecule has 1 aromatic carbocycles. The summed E-state index contributed by atoms with van der Waals surface area (Å²) < 4.78 is 10.0. The molecule has 1 N–H and O–H groups in total. The summed E-state index contributed by atoms with van der Waals surface area (Å²) in [5.41, 5.74) is 3.38. The molecule has 1 unspecified atom stereocenters. The van der Waals surface area contributed by atoms with Crippen LogP contribution in [0.2, 0.25) is 0 Å². The van der Waals surface area contributed by atoms with Crippen LogP contribution in [0.1, 0.15) is 42.7 Å². The third kappa shape index (κ3) is 2.91. The van der Waals surface area contributed by atoms with Crippen LogP contribution < -0.4 is 5.43 Å². The molecule has 1 atom stereocenters. The van der Waals surface area contributed by atoms with E-state index in [4.69, 9.17) is 4.42 Å². The van der Waals surface area contributed by atoms with Crippen molar-refractivity contribution in [2.75, 3.05) is 0 Å².